The maximum absolute atomic E-state index is 5.60. The maximum Gasteiger partial charge on any atom is 0.233 e. The minimum absolute atomic E-state index is 0.523. The number of anilines is 3. The summed E-state index contributed by atoms with van der Waals surface area (Å²) in [6.07, 6.45) is 0. The summed E-state index contributed by atoms with van der Waals surface area (Å²) in [6, 6.07) is 11.0. The summed E-state index contributed by atoms with van der Waals surface area (Å²) < 4.78 is 5.21. The molecule has 2 aromatic rings. The van der Waals surface area contributed by atoms with Gasteiger partial charge in [0.15, 0.2) is 5.82 Å². The Bertz CT molecular complexity index is 467. The number of hydrogen-bond acceptors (Lipinski definition) is 5. The zero-order chi connectivity index (χ0) is 12.1. The molecule has 3 N–H and O–H groups in total. The molecule has 2 rings (SSSR count). The van der Waals surface area contributed by atoms with Gasteiger partial charge in [-0.05, 0) is 37.3 Å². The molecule has 0 unspecified atom stereocenters. The van der Waals surface area contributed by atoms with E-state index in [0.717, 1.165) is 11.4 Å². The van der Waals surface area contributed by atoms with Crippen LogP contribution in [0.5, 0.6) is 5.88 Å². The van der Waals surface area contributed by atoms with Gasteiger partial charge in [-0.15, -0.1) is 10.2 Å². The summed E-state index contributed by atoms with van der Waals surface area (Å²) in [5.41, 5.74) is 7.25. The quantitative estimate of drug-likeness (QED) is 0.788. The first-order valence-corrected chi connectivity index (χ1v) is 5.37. The van der Waals surface area contributed by atoms with Crippen molar-refractivity contribution in [2.75, 3.05) is 17.7 Å². The predicted molar refractivity (Wildman–Crippen MR) is 67.3 cm³/mol. The van der Waals surface area contributed by atoms with Crippen molar-refractivity contribution in [1.82, 2.24) is 10.2 Å². The van der Waals surface area contributed by atoms with Crippen molar-refractivity contribution in [3.8, 4) is 5.88 Å². The molecule has 17 heavy (non-hydrogen) atoms. The molecule has 0 aliphatic carbocycles. The minimum Gasteiger partial charge on any atom is -0.477 e. The van der Waals surface area contributed by atoms with E-state index in [4.69, 9.17) is 10.5 Å². The van der Waals surface area contributed by atoms with Gasteiger partial charge in [-0.25, -0.2) is 0 Å². The fourth-order valence-electron chi connectivity index (χ4n) is 1.33. The second-order valence-electron chi connectivity index (χ2n) is 3.44. The molecule has 0 fully saturated rings. The predicted octanol–water partition coefficient (Wildman–Crippen LogP) is 2.20. The van der Waals surface area contributed by atoms with Crippen LogP contribution in [0.15, 0.2) is 36.4 Å². The van der Waals surface area contributed by atoms with E-state index in [9.17, 15) is 0 Å². The van der Waals surface area contributed by atoms with Crippen molar-refractivity contribution in [3.05, 3.63) is 36.4 Å². The Kier molecular flexibility index (Phi) is 3.40. The zero-order valence-corrected chi connectivity index (χ0v) is 9.55. The van der Waals surface area contributed by atoms with E-state index in [-0.39, 0.29) is 0 Å². The molecule has 0 aliphatic rings. The number of nitrogens with two attached hydrogens (primary N) is 1. The number of nitrogen functional groups attached to an aromatic ring is 1. The Hall–Kier alpha value is -2.30. The Labute approximate surface area is 99.6 Å². The molecule has 1 heterocycles. The lowest BCUT2D eigenvalue weighted by Gasteiger charge is -2.06. The third kappa shape index (κ3) is 3.07. The monoisotopic (exact) mass is 230 g/mol. The number of benzene rings is 1. The van der Waals surface area contributed by atoms with Gasteiger partial charge < -0.3 is 15.8 Å². The average molecular weight is 230 g/mol. The van der Waals surface area contributed by atoms with E-state index in [0.29, 0.717) is 18.3 Å². The third-order valence-electron chi connectivity index (χ3n) is 2.12. The Morgan fingerprint density at radius 3 is 2.47 bits per heavy atom. The van der Waals surface area contributed by atoms with Crippen LogP contribution in [0.4, 0.5) is 17.2 Å². The highest BCUT2D eigenvalue weighted by molar-refractivity contribution is 5.58. The Balaban J connectivity index is 2.05. The van der Waals surface area contributed by atoms with Crippen LogP contribution in [-0.2, 0) is 0 Å². The van der Waals surface area contributed by atoms with Gasteiger partial charge in [0.25, 0.3) is 0 Å². The molecule has 1 aromatic carbocycles. The smallest absolute Gasteiger partial charge is 0.233 e. The highest BCUT2D eigenvalue weighted by Crippen LogP contribution is 2.16. The van der Waals surface area contributed by atoms with Crippen molar-refractivity contribution in [1.29, 1.82) is 0 Å². The van der Waals surface area contributed by atoms with Crippen LogP contribution in [0.3, 0.4) is 0 Å². The zero-order valence-electron chi connectivity index (χ0n) is 9.55. The maximum atomic E-state index is 5.60. The lowest BCUT2D eigenvalue weighted by Crippen LogP contribution is -1.99. The number of rotatable bonds is 4. The van der Waals surface area contributed by atoms with Gasteiger partial charge in [-0.2, -0.15) is 0 Å². The van der Waals surface area contributed by atoms with Crippen molar-refractivity contribution in [3.63, 3.8) is 0 Å². The van der Waals surface area contributed by atoms with Gasteiger partial charge >= 0.3 is 0 Å². The van der Waals surface area contributed by atoms with E-state index < -0.39 is 0 Å². The van der Waals surface area contributed by atoms with Crippen LogP contribution >= 0.6 is 0 Å². The first-order chi connectivity index (χ1) is 8.28. The lowest BCUT2D eigenvalue weighted by molar-refractivity contribution is 0.323. The molecular formula is C12H14N4O. The summed E-state index contributed by atoms with van der Waals surface area (Å²) in [6.45, 7) is 2.49. The number of nitrogens with zero attached hydrogens (tertiary/aromatic N) is 2. The highest BCUT2D eigenvalue weighted by atomic mass is 16.5. The number of ether oxygens (including phenoxy) is 1. The van der Waals surface area contributed by atoms with Crippen LogP contribution < -0.4 is 15.8 Å². The van der Waals surface area contributed by atoms with Crippen molar-refractivity contribution in [2.45, 2.75) is 6.92 Å². The minimum atomic E-state index is 0.523. The van der Waals surface area contributed by atoms with Crippen LogP contribution in [0, 0.1) is 0 Å². The lowest BCUT2D eigenvalue weighted by atomic mass is 10.3. The van der Waals surface area contributed by atoms with E-state index in [2.05, 4.69) is 15.5 Å². The van der Waals surface area contributed by atoms with E-state index in [1.807, 2.05) is 37.3 Å². The molecule has 0 bridgehead atoms. The molecule has 5 nitrogen and oxygen atoms in total. The van der Waals surface area contributed by atoms with Crippen molar-refractivity contribution in [2.24, 2.45) is 0 Å². The van der Waals surface area contributed by atoms with Crippen molar-refractivity contribution < 1.29 is 4.74 Å². The summed E-state index contributed by atoms with van der Waals surface area (Å²) in [7, 11) is 0. The Morgan fingerprint density at radius 2 is 1.88 bits per heavy atom. The topological polar surface area (TPSA) is 73.1 Å². The molecule has 0 atom stereocenters. The van der Waals surface area contributed by atoms with Gasteiger partial charge in [0.05, 0.1) is 6.61 Å². The standard InChI is InChI=1S/C12H14N4O/c1-2-17-12-8-7-11(15-16-12)14-10-5-3-9(13)4-6-10/h3-8H,2,13H2,1H3,(H,14,15). The van der Waals surface area contributed by atoms with Crippen molar-refractivity contribution >= 4 is 17.2 Å². The molecule has 88 valence electrons. The summed E-state index contributed by atoms with van der Waals surface area (Å²) in [5, 5.41) is 11.0. The number of hydrogen-bond donors (Lipinski definition) is 2. The fourth-order valence-corrected chi connectivity index (χ4v) is 1.33. The van der Waals surface area contributed by atoms with Gasteiger partial charge in [0.1, 0.15) is 0 Å². The summed E-state index contributed by atoms with van der Waals surface area (Å²) in [4.78, 5) is 0. The fraction of sp³-hybridized carbons (Fsp3) is 0.167. The Morgan fingerprint density at radius 1 is 1.12 bits per heavy atom. The van der Waals surface area contributed by atoms with Crippen LogP contribution in [0.25, 0.3) is 0 Å². The second kappa shape index (κ2) is 5.16. The van der Waals surface area contributed by atoms with Crippen LogP contribution in [0.1, 0.15) is 6.92 Å². The summed E-state index contributed by atoms with van der Waals surface area (Å²) >= 11 is 0. The average Bonchev–Trinajstić information content (AvgIpc) is 2.35. The molecule has 5 heteroatoms. The van der Waals surface area contributed by atoms with E-state index >= 15 is 0 Å². The molecular weight excluding hydrogens is 216 g/mol. The van der Waals surface area contributed by atoms with Crippen LogP contribution in [-0.4, -0.2) is 16.8 Å². The second-order valence-corrected chi connectivity index (χ2v) is 3.44. The van der Waals surface area contributed by atoms with Gasteiger partial charge in [-0.1, -0.05) is 0 Å². The van der Waals surface area contributed by atoms with Gasteiger partial charge in [0, 0.05) is 17.4 Å². The largest absolute Gasteiger partial charge is 0.477 e. The molecule has 0 saturated carbocycles. The first-order valence-electron chi connectivity index (χ1n) is 5.37. The number of nitrogens with one attached hydrogen (secondary N) is 1. The van der Waals surface area contributed by atoms with Crippen LogP contribution in [0.2, 0.25) is 0 Å². The summed E-state index contributed by atoms with van der Waals surface area (Å²) in [5.74, 6) is 1.19. The molecule has 0 aliphatic heterocycles. The van der Waals surface area contributed by atoms with E-state index in [1.165, 1.54) is 0 Å². The molecule has 0 spiro atoms. The third-order valence-corrected chi connectivity index (χ3v) is 2.12. The normalized spacial score (nSPS) is 9.94. The van der Waals surface area contributed by atoms with Gasteiger partial charge in [0.2, 0.25) is 5.88 Å². The molecule has 0 radical (unpaired) electrons. The molecule has 1 aromatic heterocycles. The molecule has 0 amide bonds. The number of aromatic nitrogens is 2. The van der Waals surface area contributed by atoms with E-state index in [1.54, 1.807) is 6.07 Å². The highest BCUT2D eigenvalue weighted by Gasteiger charge is 1.98. The van der Waals surface area contributed by atoms with Gasteiger partial charge in [-0.3, -0.25) is 0 Å². The SMILES string of the molecule is CCOc1ccc(Nc2ccc(N)cc2)nn1. The molecule has 0 saturated heterocycles. The first kappa shape index (κ1) is 11.2.